The van der Waals surface area contributed by atoms with Crippen molar-refractivity contribution in [3.8, 4) is 0 Å². The molecule has 2 amide bonds. The van der Waals surface area contributed by atoms with Gasteiger partial charge in [0.2, 0.25) is 11.9 Å². The van der Waals surface area contributed by atoms with Gasteiger partial charge < -0.3 is 11.1 Å². The fourth-order valence-electron chi connectivity index (χ4n) is 3.15. The predicted molar refractivity (Wildman–Crippen MR) is 97.7 cm³/mol. The zero-order chi connectivity index (χ0) is 17.8. The van der Waals surface area contributed by atoms with Crippen LogP contribution >= 0.6 is 11.6 Å². The van der Waals surface area contributed by atoms with Crippen LogP contribution < -0.4 is 16.4 Å². The van der Waals surface area contributed by atoms with E-state index < -0.39 is 0 Å². The van der Waals surface area contributed by atoms with Crippen molar-refractivity contribution in [2.45, 2.75) is 25.7 Å². The number of guanidine groups is 1. The molecule has 0 unspecified atom stereocenters. The molecule has 0 aromatic heterocycles. The number of aliphatic imine (C=N–C) groups is 1. The van der Waals surface area contributed by atoms with Crippen molar-refractivity contribution in [3.63, 3.8) is 0 Å². The summed E-state index contributed by atoms with van der Waals surface area (Å²) in [5.74, 6) is 0.494. The van der Waals surface area contributed by atoms with Crippen molar-refractivity contribution in [1.29, 1.82) is 0 Å². The van der Waals surface area contributed by atoms with E-state index in [4.69, 9.17) is 17.3 Å². The Kier molecular flexibility index (Phi) is 5.38. The van der Waals surface area contributed by atoms with E-state index in [0.29, 0.717) is 29.1 Å². The summed E-state index contributed by atoms with van der Waals surface area (Å²) in [6.45, 7) is 0.627. The lowest BCUT2D eigenvalue weighted by molar-refractivity contribution is -0.123. The molecule has 132 valence electrons. The molecule has 2 fully saturated rings. The van der Waals surface area contributed by atoms with Gasteiger partial charge in [-0.3, -0.25) is 19.9 Å². The molecule has 0 bridgehead atoms. The molecule has 1 aliphatic carbocycles. The lowest BCUT2D eigenvalue weighted by Crippen LogP contribution is -2.29. The van der Waals surface area contributed by atoms with Gasteiger partial charge in [-0.2, -0.15) is 0 Å². The fourth-order valence-corrected chi connectivity index (χ4v) is 3.27. The number of primary amides is 1. The smallest absolute Gasteiger partial charge is 0.274 e. The Morgan fingerprint density at radius 3 is 2.52 bits per heavy atom. The molecule has 1 saturated heterocycles. The summed E-state index contributed by atoms with van der Waals surface area (Å²) in [4.78, 5) is 27.7. The fraction of sp³-hybridized carbons (Fsp3) is 0.389. The van der Waals surface area contributed by atoms with Gasteiger partial charge in [0.15, 0.2) is 0 Å². The molecule has 4 N–H and O–H groups in total. The maximum atomic E-state index is 12.0. The summed E-state index contributed by atoms with van der Waals surface area (Å²) in [6.07, 6.45) is 5.28. The van der Waals surface area contributed by atoms with E-state index in [1.54, 1.807) is 18.2 Å². The van der Waals surface area contributed by atoms with Crippen LogP contribution in [0.3, 0.4) is 0 Å². The molecular weight excluding hydrogens is 340 g/mol. The summed E-state index contributed by atoms with van der Waals surface area (Å²) in [5, 5.41) is 6.40. The van der Waals surface area contributed by atoms with Crippen molar-refractivity contribution in [1.82, 2.24) is 10.6 Å². The van der Waals surface area contributed by atoms with Gasteiger partial charge in [-0.25, -0.2) is 0 Å². The first-order valence-corrected chi connectivity index (χ1v) is 8.78. The summed E-state index contributed by atoms with van der Waals surface area (Å²) < 4.78 is 0. The van der Waals surface area contributed by atoms with Gasteiger partial charge in [0.1, 0.15) is 5.70 Å². The van der Waals surface area contributed by atoms with Gasteiger partial charge in [-0.15, -0.1) is 0 Å². The Labute approximate surface area is 151 Å². The van der Waals surface area contributed by atoms with Gasteiger partial charge in [0, 0.05) is 17.5 Å². The van der Waals surface area contributed by atoms with E-state index >= 15 is 0 Å². The molecule has 1 aliphatic heterocycles. The standard InChI is InChI=1S/C18H21ClN4O2/c19-14-7-3-11(4-8-14)9-15-17(25)23-18(22-15)21-10-12-1-5-13(6-2-12)16(20)24/h3-4,7-9,12-13H,1-2,5-6,10H2,(H2,20,24)(H2,21,22,23,25)/b15-9+. The number of halogens is 1. The Balaban J connectivity index is 1.56. The minimum atomic E-state index is -0.203. The molecule has 1 saturated carbocycles. The molecule has 0 radical (unpaired) electrons. The number of nitrogens with zero attached hydrogens (tertiary/aromatic N) is 1. The molecule has 1 heterocycles. The number of nitrogens with one attached hydrogen (secondary N) is 2. The van der Waals surface area contributed by atoms with Gasteiger partial charge in [0.25, 0.3) is 5.91 Å². The van der Waals surface area contributed by atoms with Gasteiger partial charge in [-0.05, 0) is 55.4 Å². The van der Waals surface area contributed by atoms with Crippen LogP contribution in [0.15, 0.2) is 35.0 Å². The van der Waals surface area contributed by atoms with Crippen molar-refractivity contribution in [3.05, 3.63) is 40.5 Å². The second-order valence-corrected chi connectivity index (χ2v) is 6.93. The average Bonchev–Trinajstić information content (AvgIpc) is 2.95. The SMILES string of the molecule is NC(=O)C1CCC(CN=C2NC(=O)/C(=C\c3ccc(Cl)cc3)N2)CC1. The number of nitrogens with two attached hydrogens (primary N) is 1. The van der Waals surface area contributed by atoms with Crippen molar-refractivity contribution >= 4 is 35.5 Å². The van der Waals surface area contributed by atoms with Crippen LogP contribution in [0, 0.1) is 11.8 Å². The van der Waals surface area contributed by atoms with Crippen LogP contribution in [0.1, 0.15) is 31.2 Å². The lowest BCUT2D eigenvalue weighted by atomic mass is 9.82. The highest BCUT2D eigenvalue weighted by molar-refractivity contribution is 6.30. The van der Waals surface area contributed by atoms with Crippen LogP contribution in [0.25, 0.3) is 6.08 Å². The highest BCUT2D eigenvalue weighted by Gasteiger charge is 2.26. The maximum absolute atomic E-state index is 12.0. The number of carbonyl (C=O) groups excluding carboxylic acids is 2. The predicted octanol–water partition coefficient (Wildman–Crippen LogP) is 2.05. The van der Waals surface area contributed by atoms with E-state index in [-0.39, 0.29) is 17.7 Å². The largest absolute Gasteiger partial charge is 0.369 e. The number of hydrogen-bond donors (Lipinski definition) is 3. The second kappa shape index (κ2) is 7.70. The van der Waals surface area contributed by atoms with Crippen molar-refractivity contribution in [2.75, 3.05) is 6.54 Å². The first-order valence-electron chi connectivity index (χ1n) is 8.40. The molecule has 0 spiro atoms. The quantitative estimate of drug-likeness (QED) is 0.717. The molecule has 3 rings (SSSR count). The lowest BCUT2D eigenvalue weighted by Gasteiger charge is -2.25. The second-order valence-electron chi connectivity index (χ2n) is 6.50. The van der Waals surface area contributed by atoms with Gasteiger partial charge in [0.05, 0.1) is 0 Å². The molecular formula is C18H21ClN4O2. The van der Waals surface area contributed by atoms with Crippen LogP contribution in [-0.2, 0) is 9.59 Å². The molecule has 25 heavy (non-hydrogen) atoms. The Morgan fingerprint density at radius 2 is 1.88 bits per heavy atom. The van der Waals surface area contributed by atoms with Crippen LogP contribution in [0.5, 0.6) is 0 Å². The number of hydrogen-bond acceptors (Lipinski definition) is 3. The Bertz CT molecular complexity index is 719. The molecule has 1 aromatic rings. The number of benzene rings is 1. The molecule has 6 nitrogen and oxygen atoms in total. The van der Waals surface area contributed by atoms with Crippen molar-refractivity contribution < 1.29 is 9.59 Å². The topological polar surface area (TPSA) is 96.6 Å². The van der Waals surface area contributed by atoms with E-state index in [9.17, 15) is 9.59 Å². The first kappa shape index (κ1) is 17.5. The molecule has 0 atom stereocenters. The number of amides is 2. The minimum absolute atomic E-state index is 0.00197. The molecule has 1 aromatic carbocycles. The third-order valence-corrected chi connectivity index (χ3v) is 4.92. The van der Waals surface area contributed by atoms with E-state index in [1.807, 2.05) is 12.1 Å². The normalized spacial score (nSPS) is 26.5. The maximum Gasteiger partial charge on any atom is 0.274 e. The Morgan fingerprint density at radius 1 is 1.20 bits per heavy atom. The van der Waals surface area contributed by atoms with E-state index in [1.165, 1.54) is 0 Å². The highest BCUT2D eigenvalue weighted by Crippen LogP contribution is 2.28. The van der Waals surface area contributed by atoms with Gasteiger partial charge >= 0.3 is 0 Å². The summed E-state index contributed by atoms with van der Waals surface area (Å²) >= 11 is 5.86. The van der Waals surface area contributed by atoms with Crippen molar-refractivity contribution in [2.24, 2.45) is 22.6 Å². The first-order chi connectivity index (χ1) is 12.0. The molecule has 7 heteroatoms. The van der Waals surface area contributed by atoms with E-state index in [0.717, 1.165) is 31.2 Å². The molecule has 2 aliphatic rings. The summed E-state index contributed by atoms with van der Waals surface area (Å²) in [6, 6.07) is 7.24. The zero-order valence-corrected chi connectivity index (χ0v) is 14.6. The summed E-state index contributed by atoms with van der Waals surface area (Å²) in [7, 11) is 0. The third-order valence-electron chi connectivity index (χ3n) is 4.67. The van der Waals surface area contributed by atoms with Gasteiger partial charge in [-0.1, -0.05) is 23.7 Å². The minimum Gasteiger partial charge on any atom is -0.369 e. The third kappa shape index (κ3) is 4.60. The van der Waals surface area contributed by atoms with Crippen LogP contribution in [0.4, 0.5) is 0 Å². The monoisotopic (exact) mass is 360 g/mol. The zero-order valence-electron chi connectivity index (χ0n) is 13.8. The van der Waals surface area contributed by atoms with E-state index in [2.05, 4.69) is 15.6 Å². The average molecular weight is 361 g/mol. The number of carbonyl (C=O) groups is 2. The van der Waals surface area contributed by atoms with Crippen LogP contribution in [0.2, 0.25) is 5.02 Å². The Hall–Kier alpha value is -2.34. The summed E-state index contributed by atoms with van der Waals surface area (Å²) in [5.41, 5.74) is 6.69. The number of rotatable bonds is 4. The van der Waals surface area contributed by atoms with Crippen LogP contribution in [-0.4, -0.2) is 24.3 Å². The highest BCUT2D eigenvalue weighted by atomic mass is 35.5.